The number of carbonyl (C=O) groups is 1. The van der Waals surface area contributed by atoms with E-state index in [1.165, 1.54) is 148 Å². The van der Waals surface area contributed by atoms with E-state index in [2.05, 4.69) is 20.8 Å². The van der Waals surface area contributed by atoms with E-state index in [9.17, 15) is 25.2 Å². The third-order valence-electron chi connectivity index (χ3n) is 9.93. The first-order valence-corrected chi connectivity index (χ1v) is 20.6. The van der Waals surface area contributed by atoms with E-state index in [0.717, 1.165) is 44.4 Å². The second-order valence-corrected chi connectivity index (χ2v) is 15.1. The Balaban J connectivity index is 3.59. The first-order chi connectivity index (χ1) is 22.3. The summed E-state index contributed by atoms with van der Waals surface area (Å²) in [6, 6.07) is 0. The van der Waals surface area contributed by atoms with E-state index < -0.39 is 30.2 Å². The van der Waals surface area contributed by atoms with Gasteiger partial charge in [0.1, 0.15) is 12.2 Å². The van der Waals surface area contributed by atoms with Gasteiger partial charge < -0.3 is 20.4 Å². The van der Waals surface area contributed by atoms with Gasteiger partial charge in [-0.15, -0.1) is 0 Å². The maximum absolute atomic E-state index is 12.4. The predicted octanol–water partition coefficient (Wildman–Crippen LogP) is 11.2. The number of carbonyl (C=O) groups excluding carboxylic acids is 1. The van der Waals surface area contributed by atoms with Crippen molar-refractivity contribution in [1.29, 1.82) is 0 Å². The number of Topliss-reactive ketones (excluding diaryl/α,β-unsaturated/α-hetero) is 1. The van der Waals surface area contributed by atoms with Crippen LogP contribution in [0.15, 0.2) is 0 Å². The molecule has 0 aromatic carbocycles. The Hall–Kier alpha value is -0.490. The van der Waals surface area contributed by atoms with Gasteiger partial charge in [-0.05, 0) is 18.8 Å². The number of rotatable bonds is 37. The van der Waals surface area contributed by atoms with E-state index >= 15 is 0 Å². The van der Waals surface area contributed by atoms with E-state index in [4.69, 9.17) is 0 Å². The fraction of sp³-hybridized carbons (Fsp3) is 0.976. The van der Waals surface area contributed by atoms with Crippen LogP contribution >= 0.6 is 0 Å². The molecule has 0 spiro atoms. The fourth-order valence-corrected chi connectivity index (χ4v) is 6.62. The molecule has 0 saturated heterocycles. The van der Waals surface area contributed by atoms with E-state index in [1.807, 2.05) is 0 Å². The molecule has 0 aromatic heterocycles. The van der Waals surface area contributed by atoms with Gasteiger partial charge >= 0.3 is 0 Å². The number of ketones is 1. The summed E-state index contributed by atoms with van der Waals surface area (Å²) in [6.07, 6.45) is 32.9. The van der Waals surface area contributed by atoms with Gasteiger partial charge in [0.2, 0.25) is 0 Å². The van der Waals surface area contributed by atoms with Crippen molar-refractivity contribution in [2.45, 2.75) is 251 Å². The van der Waals surface area contributed by atoms with Gasteiger partial charge in [0.25, 0.3) is 0 Å². The lowest BCUT2D eigenvalue weighted by molar-refractivity contribution is -0.138. The molecule has 0 aliphatic rings. The summed E-state index contributed by atoms with van der Waals surface area (Å²) < 4.78 is 0. The van der Waals surface area contributed by atoms with Crippen LogP contribution in [-0.4, -0.2) is 50.6 Å². The standard InChI is InChI=1S/C41H82O5/c1-4-5-6-7-8-9-10-11-12-13-14-15-16-17-18-19-20-25-28-31-34-38(43)41(46)40(45)35-39(44)37(42)33-30-27-24-22-21-23-26-29-32-36(2)3/h36-40,42-45H,4-35H2,1-3H3/t37?,38-,39?,40?/m1/s1. The highest BCUT2D eigenvalue weighted by molar-refractivity contribution is 5.86. The number of unbranched alkanes of at least 4 members (excludes halogenated alkanes) is 26. The summed E-state index contributed by atoms with van der Waals surface area (Å²) in [6.45, 7) is 6.83. The summed E-state index contributed by atoms with van der Waals surface area (Å²) in [7, 11) is 0. The second-order valence-electron chi connectivity index (χ2n) is 15.1. The van der Waals surface area contributed by atoms with Gasteiger partial charge in [0, 0.05) is 6.42 Å². The third kappa shape index (κ3) is 30.8. The summed E-state index contributed by atoms with van der Waals surface area (Å²) >= 11 is 0. The molecule has 0 aliphatic carbocycles. The lowest BCUT2D eigenvalue weighted by Gasteiger charge is -2.21. The average molecular weight is 655 g/mol. The molecule has 0 radical (unpaired) electrons. The van der Waals surface area contributed by atoms with Crippen LogP contribution in [-0.2, 0) is 4.79 Å². The van der Waals surface area contributed by atoms with Crippen molar-refractivity contribution in [1.82, 2.24) is 0 Å². The van der Waals surface area contributed by atoms with Crippen LogP contribution in [0, 0.1) is 5.92 Å². The van der Waals surface area contributed by atoms with Crippen molar-refractivity contribution in [3.05, 3.63) is 0 Å². The van der Waals surface area contributed by atoms with Crippen LogP contribution < -0.4 is 0 Å². The van der Waals surface area contributed by atoms with Gasteiger partial charge in [-0.25, -0.2) is 0 Å². The lowest BCUT2D eigenvalue weighted by Crippen LogP contribution is -2.38. The van der Waals surface area contributed by atoms with Crippen molar-refractivity contribution in [3.63, 3.8) is 0 Å². The maximum Gasteiger partial charge on any atom is 0.189 e. The third-order valence-corrected chi connectivity index (χ3v) is 9.93. The minimum absolute atomic E-state index is 0.216. The van der Waals surface area contributed by atoms with Gasteiger partial charge in [0.05, 0.1) is 12.2 Å². The van der Waals surface area contributed by atoms with E-state index in [0.29, 0.717) is 12.8 Å². The summed E-state index contributed by atoms with van der Waals surface area (Å²) in [5.41, 5.74) is 0. The molecule has 46 heavy (non-hydrogen) atoms. The molecule has 3 unspecified atom stereocenters. The van der Waals surface area contributed by atoms with Gasteiger partial charge in [0.15, 0.2) is 5.78 Å². The van der Waals surface area contributed by atoms with E-state index in [-0.39, 0.29) is 6.42 Å². The number of hydrogen-bond donors (Lipinski definition) is 4. The molecule has 5 nitrogen and oxygen atoms in total. The van der Waals surface area contributed by atoms with Crippen LogP contribution in [0.3, 0.4) is 0 Å². The van der Waals surface area contributed by atoms with Crippen LogP contribution in [0.2, 0.25) is 0 Å². The molecular formula is C41H82O5. The SMILES string of the molecule is CCCCCCCCCCCCCCCCCCCCCC[C@@H](O)C(=O)C(O)CC(O)C(O)CCCCCCCCCCC(C)C. The Morgan fingerprint density at radius 2 is 0.696 bits per heavy atom. The highest BCUT2D eigenvalue weighted by Crippen LogP contribution is 2.18. The second kappa shape index (κ2) is 34.4. The highest BCUT2D eigenvalue weighted by Gasteiger charge is 2.28. The zero-order valence-electron chi connectivity index (χ0n) is 31.2. The molecule has 5 heteroatoms. The van der Waals surface area contributed by atoms with Crippen molar-refractivity contribution in [2.75, 3.05) is 0 Å². The van der Waals surface area contributed by atoms with Crippen LogP contribution in [0.1, 0.15) is 226 Å². The molecule has 0 saturated carbocycles. The Morgan fingerprint density at radius 3 is 1.04 bits per heavy atom. The lowest BCUT2D eigenvalue weighted by atomic mass is 9.95. The van der Waals surface area contributed by atoms with Crippen LogP contribution in [0.5, 0.6) is 0 Å². The van der Waals surface area contributed by atoms with Gasteiger partial charge in [-0.2, -0.15) is 0 Å². The molecule has 4 N–H and O–H groups in total. The van der Waals surface area contributed by atoms with Crippen LogP contribution in [0.4, 0.5) is 0 Å². The minimum atomic E-state index is -1.43. The van der Waals surface area contributed by atoms with Gasteiger partial charge in [-0.3, -0.25) is 4.79 Å². The topological polar surface area (TPSA) is 98.0 Å². The van der Waals surface area contributed by atoms with Crippen molar-refractivity contribution < 1.29 is 25.2 Å². The zero-order chi connectivity index (χ0) is 34.1. The highest BCUT2D eigenvalue weighted by atomic mass is 16.3. The average Bonchev–Trinajstić information content (AvgIpc) is 3.03. The van der Waals surface area contributed by atoms with Crippen LogP contribution in [0.25, 0.3) is 0 Å². The molecule has 0 aliphatic heterocycles. The summed E-state index contributed by atoms with van der Waals surface area (Å²) in [4.78, 5) is 12.4. The summed E-state index contributed by atoms with van der Waals surface area (Å²) in [5.74, 6) is 0.168. The van der Waals surface area contributed by atoms with Crippen molar-refractivity contribution in [2.24, 2.45) is 5.92 Å². The predicted molar refractivity (Wildman–Crippen MR) is 197 cm³/mol. The largest absolute Gasteiger partial charge is 0.390 e. The van der Waals surface area contributed by atoms with Crippen molar-refractivity contribution >= 4 is 5.78 Å². The molecule has 276 valence electrons. The molecule has 0 bridgehead atoms. The Morgan fingerprint density at radius 1 is 0.391 bits per heavy atom. The molecular weight excluding hydrogens is 572 g/mol. The first kappa shape index (κ1) is 45.5. The molecule has 0 fully saturated rings. The normalized spacial score (nSPS) is 14.5. The Kier molecular flexibility index (Phi) is 34.0. The monoisotopic (exact) mass is 655 g/mol. The minimum Gasteiger partial charge on any atom is -0.390 e. The quantitative estimate of drug-likeness (QED) is 0.0500. The number of aliphatic hydroxyl groups is 4. The molecule has 0 heterocycles. The smallest absolute Gasteiger partial charge is 0.189 e. The van der Waals surface area contributed by atoms with E-state index in [1.54, 1.807) is 0 Å². The Bertz CT molecular complexity index is 624. The Labute approximate surface area is 287 Å². The fourth-order valence-electron chi connectivity index (χ4n) is 6.62. The first-order valence-electron chi connectivity index (χ1n) is 20.6. The molecule has 4 atom stereocenters. The number of hydrogen-bond acceptors (Lipinski definition) is 5. The zero-order valence-corrected chi connectivity index (χ0v) is 31.2. The molecule has 0 rings (SSSR count). The molecule has 0 amide bonds. The summed E-state index contributed by atoms with van der Waals surface area (Å²) in [5, 5.41) is 41.1. The molecule has 0 aromatic rings. The van der Waals surface area contributed by atoms with Crippen molar-refractivity contribution in [3.8, 4) is 0 Å². The van der Waals surface area contributed by atoms with Gasteiger partial charge in [-0.1, -0.05) is 207 Å². The number of aliphatic hydroxyl groups excluding tert-OH is 4. The maximum atomic E-state index is 12.4.